The molecule has 1 heterocycles. The Labute approximate surface area is 108 Å². The lowest BCUT2D eigenvalue weighted by molar-refractivity contribution is 0.460. The van der Waals surface area contributed by atoms with Crippen molar-refractivity contribution in [2.24, 2.45) is 0 Å². The summed E-state index contributed by atoms with van der Waals surface area (Å²) in [5, 5.41) is 3.12. The molecule has 2 rings (SSSR count). The third-order valence-corrected chi connectivity index (χ3v) is 2.75. The highest BCUT2D eigenvalue weighted by Crippen LogP contribution is 2.21. The average Bonchev–Trinajstić information content (AvgIpc) is 2.33. The van der Waals surface area contributed by atoms with E-state index in [1.54, 1.807) is 0 Å². The zero-order valence-electron chi connectivity index (χ0n) is 11.0. The Balaban J connectivity index is 2.17. The van der Waals surface area contributed by atoms with Crippen LogP contribution in [0.4, 0.5) is 0 Å². The maximum atomic E-state index is 5.74. The van der Waals surface area contributed by atoms with Gasteiger partial charge in [0.05, 0.1) is 0 Å². The first-order valence-electron chi connectivity index (χ1n) is 6.04. The van der Waals surface area contributed by atoms with Crippen molar-refractivity contribution in [1.82, 2.24) is 10.3 Å². The van der Waals surface area contributed by atoms with Crippen LogP contribution in [0, 0.1) is 13.8 Å². The Hall–Kier alpha value is -1.87. The molecule has 0 unspecified atom stereocenters. The Bertz CT molecular complexity index is 538. The van der Waals surface area contributed by atoms with E-state index in [1.807, 2.05) is 57.3 Å². The number of aryl methyl sites for hydroxylation is 2. The zero-order valence-corrected chi connectivity index (χ0v) is 11.0. The minimum Gasteiger partial charge on any atom is -0.439 e. The molecule has 0 radical (unpaired) electrons. The molecule has 3 nitrogen and oxygen atoms in total. The molecule has 0 bridgehead atoms. The van der Waals surface area contributed by atoms with Crippen molar-refractivity contribution in [3.63, 3.8) is 0 Å². The van der Waals surface area contributed by atoms with Gasteiger partial charge in [0.2, 0.25) is 5.88 Å². The van der Waals surface area contributed by atoms with Gasteiger partial charge in [-0.2, -0.15) is 0 Å². The normalized spacial score (nSPS) is 10.4. The number of aromatic nitrogens is 1. The van der Waals surface area contributed by atoms with E-state index in [0.29, 0.717) is 5.88 Å². The second kappa shape index (κ2) is 5.65. The summed E-state index contributed by atoms with van der Waals surface area (Å²) >= 11 is 0. The highest BCUT2D eigenvalue weighted by Gasteiger charge is 2.03. The predicted octanol–water partition coefficient (Wildman–Crippen LogP) is 3.21. The number of hydrogen-bond acceptors (Lipinski definition) is 3. The first-order valence-corrected chi connectivity index (χ1v) is 6.04. The van der Waals surface area contributed by atoms with Crippen LogP contribution in [0.15, 0.2) is 36.4 Å². The third-order valence-electron chi connectivity index (χ3n) is 2.75. The Morgan fingerprint density at radius 3 is 2.67 bits per heavy atom. The van der Waals surface area contributed by atoms with Crippen LogP contribution in [0.1, 0.15) is 16.8 Å². The second-order valence-corrected chi connectivity index (χ2v) is 4.34. The number of hydrogen-bond donors (Lipinski definition) is 1. The fourth-order valence-corrected chi connectivity index (χ4v) is 1.80. The molecule has 0 aliphatic rings. The molecule has 0 spiro atoms. The van der Waals surface area contributed by atoms with Gasteiger partial charge < -0.3 is 10.1 Å². The van der Waals surface area contributed by atoms with Crippen molar-refractivity contribution in [3.05, 3.63) is 53.2 Å². The van der Waals surface area contributed by atoms with Crippen LogP contribution >= 0.6 is 0 Å². The monoisotopic (exact) mass is 242 g/mol. The quantitative estimate of drug-likeness (QED) is 0.894. The van der Waals surface area contributed by atoms with Crippen molar-refractivity contribution in [1.29, 1.82) is 0 Å². The summed E-state index contributed by atoms with van der Waals surface area (Å²) in [6.07, 6.45) is 0. The molecule has 1 aromatic heterocycles. The van der Waals surface area contributed by atoms with Gasteiger partial charge in [-0.25, -0.2) is 4.98 Å². The van der Waals surface area contributed by atoms with Crippen LogP contribution in [0.5, 0.6) is 11.6 Å². The summed E-state index contributed by atoms with van der Waals surface area (Å²) in [5.74, 6) is 1.46. The number of rotatable bonds is 4. The summed E-state index contributed by atoms with van der Waals surface area (Å²) < 4.78 is 5.74. The van der Waals surface area contributed by atoms with E-state index in [9.17, 15) is 0 Å². The van der Waals surface area contributed by atoms with E-state index in [-0.39, 0.29) is 0 Å². The molecule has 0 saturated heterocycles. The molecule has 18 heavy (non-hydrogen) atoms. The molecule has 1 aromatic carbocycles. The van der Waals surface area contributed by atoms with Crippen LogP contribution in [0.25, 0.3) is 0 Å². The van der Waals surface area contributed by atoms with Gasteiger partial charge in [0.15, 0.2) is 0 Å². The largest absolute Gasteiger partial charge is 0.439 e. The molecule has 94 valence electrons. The first-order chi connectivity index (χ1) is 8.69. The smallest absolute Gasteiger partial charge is 0.219 e. The van der Waals surface area contributed by atoms with Crippen molar-refractivity contribution < 1.29 is 4.74 Å². The molecular weight excluding hydrogens is 224 g/mol. The van der Waals surface area contributed by atoms with E-state index >= 15 is 0 Å². The van der Waals surface area contributed by atoms with E-state index in [4.69, 9.17) is 4.74 Å². The Morgan fingerprint density at radius 1 is 1.17 bits per heavy atom. The molecule has 2 aromatic rings. The number of benzene rings is 1. The van der Waals surface area contributed by atoms with Gasteiger partial charge in [-0.3, -0.25) is 0 Å². The number of nitrogens with one attached hydrogen (secondary N) is 1. The minimum absolute atomic E-state index is 0.637. The fourth-order valence-electron chi connectivity index (χ4n) is 1.80. The standard InChI is InChI=1S/C15H18N2O/c1-11-5-4-6-14(9-11)18-15-8-7-13(10-16-3)12(2)17-15/h4-9,16H,10H2,1-3H3. The summed E-state index contributed by atoms with van der Waals surface area (Å²) in [6, 6.07) is 11.9. The van der Waals surface area contributed by atoms with Gasteiger partial charge in [0.1, 0.15) is 5.75 Å². The molecule has 0 saturated carbocycles. The van der Waals surface area contributed by atoms with Gasteiger partial charge in [-0.1, -0.05) is 18.2 Å². The lowest BCUT2D eigenvalue weighted by Gasteiger charge is -2.09. The Kier molecular flexibility index (Phi) is 3.95. The number of pyridine rings is 1. The third kappa shape index (κ3) is 3.08. The van der Waals surface area contributed by atoms with Gasteiger partial charge in [0.25, 0.3) is 0 Å². The van der Waals surface area contributed by atoms with Gasteiger partial charge in [-0.05, 0) is 44.2 Å². The van der Waals surface area contributed by atoms with Crippen molar-refractivity contribution in [2.45, 2.75) is 20.4 Å². The molecule has 3 heteroatoms. The molecule has 0 aliphatic heterocycles. The highest BCUT2D eigenvalue weighted by atomic mass is 16.5. The highest BCUT2D eigenvalue weighted by molar-refractivity contribution is 5.32. The Morgan fingerprint density at radius 2 is 2.00 bits per heavy atom. The van der Waals surface area contributed by atoms with Crippen LogP contribution in [0.3, 0.4) is 0 Å². The minimum atomic E-state index is 0.637. The van der Waals surface area contributed by atoms with E-state index in [1.165, 1.54) is 11.1 Å². The van der Waals surface area contributed by atoms with E-state index in [0.717, 1.165) is 18.0 Å². The molecule has 0 fully saturated rings. The molecule has 1 N–H and O–H groups in total. The molecular formula is C15H18N2O. The zero-order chi connectivity index (χ0) is 13.0. The maximum Gasteiger partial charge on any atom is 0.219 e. The maximum absolute atomic E-state index is 5.74. The fraction of sp³-hybridized carbons (Fsp3) is 0.267. The number of nitrogens with zero attached hydrogens (tertiary/aromatic N) is 1. The van der Waals surface area contributed by atoms with Crippen LogP contribution in [-0.2, 0) is 6.54 Å². The van der Waals surface area contributed by atoms with Crippen molar-refractivity contribution in [2.75, 3.05) is 7.05 Å². The summed E-state index contributed by atoms with van der Waals surface area (Å²) in [6.45, 7) is 4.86. The van der Waals surface area contributed by atoms with Crippen LogP contribution < -0.4 is 10.1 Å². The van der Waals surface area contributed by atoms with Gasteiger partial charge >= 0.3 is 0 Å². The van der Waals surface area contributed by atoms with E-state index < -0.39 is 0 Å². The SMILES string of the molecule is CNCc1ccc(Oc2cccc(C)c2)nc1C. The predicted molar refractivity (Wildman–Crippen MR) is 73.0 cm³/mol. The topological polar surface area (TPSA) is 34.1 Å². The van der Waals surface area contributed by atoms with Crippen LogP contribution in [-0.4, -0.2) is 12.0 Å². The van der Waals surface area contributed by atoms with Crippen molar-refractivity contribution in [3.8, 4) is 11.6 Å². The lowest BCUT2D eigenvalue weighted by Crippen LogP contribution is -2.07. The molecule has 0 amide bonds. The van der Waals surface area contributed by atoms with Gasteiger partial charge in [-0.15, -0.1) is 0 Å². The lowest BCUT2D eigenvalue weighted by atomic mass is 10.2. The van der Waals surface area contributed by atoms with Gasteiger partial charge in [0, 0.05) is 18.3 Å². The molecule has 0 atom stereocenters. The number of ether oxygens (including phenoxy) is 1. The second-order valence-electron chi connectivity index (χ2n) is 4.34. The summed E-state index contributed by atoms with van der Waals surface area (Å²) in [4.78, 5) is 4.45. The van der Waals surface area contributed by atoms with Crippen molar-refractivity contribution >= 4 is 0 Å². The summed E-state index contributed by atoms with van der Waals surface area (Å²) in [7, 11) is 1.93. The first kappa shape index (κ1) is 12.6. The van der Waals surface area contributed by atoms with E-state index in [2.05, 4.69) is 10.3 Å². The summed E-state index contributed by atoms with van der Waals surface area (Å²) in [5.41, 5.74) is 3.36. The average molecular weight is 242 g/mol. The van der Waals surface area contributed by atoms with Crippen LogP contribution in [0.2, 0.25) is 0 Å². The molecule has 0 aliphatic carbocycles.